The van der Waals surface area contributed by atoms with Crippen molar-refractivity contribution in [1.29, 1.82) is 0 Å². The second-order valence-corrected chi connectivity index (χ2v) is 8.13. The van der Waals surface area contributed by atoms with Crippen LogP contribution < -0.4 is 4.74 Å². The fraction of sp³-hybridized carbons (Fsp3) is 0.462. The summed E-state index contributed by atoms with van der Waals surface area (Å²) in [4.78, 5) is 25.2. The van der Waals surface area contributed by atoms with Crippen molar-refractivity contribution in [2.75, 3.05) is 39.5 Å². The van der Waals surface area contributed by atoms with Crippen molar-refractivity contribution in [3.63, 3.8) is 0 Å². The lowest BCUT2D eigenvalue weighted by atomic mass is 10.1. The molecule has 2 aromatic carbocycles. The molecule has 2 rings (SSSR count). The van der Waals surface area contributed by atoms with Gasteiger partial charge in [0.2, 0.25) is 0 Å². The van der Waals surface area contributed by atoms with Gasteiger partial charge in [-0.15, -0.1) is 0 Å². The zero-order valence-corrected chi connectivity index (χ0v) is 20.5. The molecule has 36 heavy (non-hydrogen) atoms. The molecule has 0 aliphatic carbocycles. The van der Waals surface area contributed by atoms with E-state index < -0.39 is 30.7 Å². The number of halogens is 2. The number of hydrogen-bond acceptors (Lipinski definition) is 6. The summed E-state index contributed by atoms with van der Waals surface area (Å²) in [5, 5.41) is 9.22. The zero-order chi connectivity index (χ0) is 26.4. The van der Waals surface area contributed by atoms with E-state index in [-0.39, 0.29) is 39.3 Å². The van der Waals surface area contributed by atoms with E-state index in [2.05, 4.69) is 0 Å². The molecule has 0 saturated carbocycles. The molecule has 0 fully saturated rings. The molecule has 198 valence electrons. The minimum absolute atomic E-state index is 0.0556. The number of alkyl halides is 2. The van der Waals surface area contributed by atoms with Crippen molar-refractivity contribution in [3.05, 3.63) is 65.7 Å². The van der Waals surface area contributed by atoms with Crippen molar-refractivity contribution in [2.24, 2.45) is 0 Å². The molecular weight excluding hydrogens is 476 g/mol. The second-order valence-electron chi connectivity index (χ2n) is 8.13. The first-order chi connectivity index (χ1) is 17.2. The Morgan fingerprint density at radius 1 is 1.00 bits per heavy atom. The van der Waals surface area contributed by atoms with Crippen LogP contribution in [-0.4, -0.2) is 73.6 Å². The molecule has 0 aliphatic rings. The number of amides is 1. The van der Waals surface area contributed by atoms with Crippen molar-refractivity contribution in [1.82, 2.24) is 4.90 Å². The van der Waals surface area contributed by atoms with Crippen molar-refractivity contribution < 1.29 is 42.4 Å². The maximum atomic E-state index is 13.0. The number of carbonyl (C=O) groups is 2. The van der Waals surface area contributed by atoms with Crippen LogP contribution in [0.2, 0.25) is 0 Å². The lowest BCUT2D eigenvalue weighted by molar-refractivity contribution is -0.149. The van der Waals surface area contributed by atoms with Gasteiger partial charge in [-0.3, -0.25) is 0 Å². The van der Waals surface area contributed by atoms with Crippen LogP contribution in [0.15, 0.2) is 54.6 Å². The molecular formula is C26H33F2NO7. The van der Waals surface area contributed by atoms with Gasteiger partial charge >= 0.3 is 12.1 Å². The van der Waals surface area contributed by atoms with Gasteiger partial charge in [0.15, 0.2) is 6.10 Å². The Kier molecular flexibility index (Phi) is 12.1. The highest BCUT2D eigenvalue weighted by Gasteiger charge is 2.22. The van der Waals surface area contributed by atoms with E-state index in [1.807, 2.05) is 30.3 Å². The maximum Gasteiger partial charge on any atom is 0.410 e. The molecule has 0 bridgehead atoms. The fourth-order valence-electron chi connectivity index (χ4n) is 3.16. The molecule has 0 aromatic heterocycles. The van der Waals surface area contributed by atoms with Crippen LogP contribution in [0.3, 0.4) is 0 Å². The van der Waals surface area contributed by atoms with Gasteiger partial charge in [-0.2, -0.15) is 0 Å². The highest BCUT2D eigenvalue weighted by atomic mass is 19.3. The summed E-state index contributed by atoms with van der Waals surface area (Å²) in [7, 11) is 0. The number of benzene rings is 2. The summed E-state index contributed by atoms with van der Waals surface area (Å²) in [6, 6.07) is 16.0. The summed E-state index contributed by atoms with van der Waals surface area (Å²) < 4.78 is 47.3. The molecule has 1 atom stereocenters. The number of hydrogen-bond donors (Lipinski definition) is 1. The highest BCUT2D eigenvalue weighted by molar-refractivity contribution is 5.72. The lowest BCUT2D eigenvalue weighted by Gasteiger charge is -2.23. The smallest absolute Gasteiger partial charge is 0.410 e. The first-order valence-corrected chi connectivity index (χ1v) is 11.6. The summed E-state index contributed by atoms with van der Waals surface area (Å²) in [6.07, 6.45) is -1.31. The SMILES string of the molecule is CCOC(Cc1ccc(OCCN(CCOCC(C)(F)F)C(=O)OCc2ccccc2)cc1)C(=O)O. The van der Waals surface area contributed by atoms with E-state index in [9.17, 15) is 23.5 Å². The molecule has 0 saturated heterocycles. The normalized spacial score (nSPS) is 12.1. The van der Waals surface area contributed by atoms with E-state index in [1.54, 1.807) is 31.2 Å². The molecule has 2 aromatic rings. The van der Waals surface area contributed by atoms with Crippen LogP contribution in [0, 0.1) is 0 Å². The van der Waals surface area contributed by atoms with Gasteiger partial charge in [0.05, 0.1) is 13.2 Å². The topological polar surface area (TPSA) is 94.5 Å². The number of carboxylic acid groups (broad SMARTS) is 1. The molecule has 0 spiro atoms. The first kappa shape index (κ1) is 29.0. The first-order valence-electron chi connectivity index (χ1n) is 11.6. The predicted octanol–water partition coefficient (Wildman–Crippen LogP) is 4.41. The van der Waals surface area contributed by atoms with E-state index in [1.165, 1.54) is 4.90 Å². The van der Waals surface area contributed by atoms with E-state index >= 15 is 0 Å². The van der Waals surface area contributed by atoms with Crippen molar-refractivity contribution in [3.8, 4) is 5.75 Å². The van der Waals surface area contributed by atoms with E-state index in [0.29, 0.717) is 12.4 Å². The third-order valence-corrected chi connectivity index (χ3v) is 4.94. The van der Waals surface area contributed by atoms with Crippen LogP contribution in [0.1, 0.15) is 25.0 Å². The Morgan fingerprint density at radius 2 is 1.67 bits per heavy atom. The van der Waals surface area contributed by atoms with Gasteiger partial charge in [-0.05, 0) is 30.2 Å². The van der Waals surface area contributed by atoms with Gasteiger partial charge in [0.1, 0.15) is 25.6 Å². The standard InChI is InChI=1S/C26H33F2NO7/c1-3-34-23(24(30)31)17-20-9-11-22(12-10-20)35-16-14-29(13-15-33-19-26(2,27)28)25(32)36-18-21-7-5-4-6-8-21/h4-12,23H,3,13-19H2,1-2H3,(H,30,31). The van der Waals surface area contributed by atoms with Gasteiger partial charge in [-0.25, -0.2) is 18.4 Å². The number of carbonyl (C=O) groups excluding carboxylic acids is 1. The number of nitrogens with zero attached hydrogens (tertiary/aromatic N) is 1. The monoisotopic (exact) mass is 509 g/mol. The summed E-state index contributed by atoms with van der Waals surface area (Å²) in [6.45, 7) is 2.38. The summed E-state index contributed by atoms with van der Waals surface area (Å²) >= 11 is 0. The average Bonchev–Trinajstić information content (AvgIpc) is 2.84. The number of rotatable bonds is 16. The van der Waals surface area contributed by atoms with Crippen LogP contribution in [0.4, 0.5) is 13.6 Å². The Bertz CT molecular complexity index is 920. The maximum absolute atomic E-state index is 13.0. The molecule has 1 N–H and O–H groups in total. The summed E-state index contributed by atoms with van der Waals surface area (Å²) in [5.74, 6) is -3.45. The Labute approximate surface area is 209 Å². The average molecular weight is 510 g/mol. The van der Waals surface area contributed by atoms with Crippen LogP contribution >= 0.6 is 0 Å². The molecule has 1 unspecified atom stereocenters. The third-order valence-electron chi connectivity index (χ3n) is 4.94. The van der Waals surface area contributed by atoms with Crippen molar-refractivity contribution >= 4 is 12.1 Å². The third kappa shape index (κ3) is 11.5. The molecule has 10 heteroatoms. The van der Waals surface area contributed by atoms with Crippen molar-refractivity contribution in [2.45, 2.75) is 38.9 Å². The van der Waals surface area contributed by atoms with Gasteiger partial charge in [0.25, 0.3) is 5.92 Å². The molecule has 8 nitrogen and oxygen atoms in total. The van der Waals surface area contributed by atoms with E-state index in [0.717, 1.165) is 18.1 Å². The van der Waals surface area contributed by atoms with Crippen LogP contribution in [-0.2, 0) is 32.0 Å². The molecule has 0 heterocycles. The van der Waals surface area contributed by atoms with Gasteiger partial charge in [-0.1, -0.05) is 42.5 Å². The minimum Gasteiger partial charge on any atom is -0.492 e. The highest BCUT2D eigenvalue weighted by Crippen LogP contribution is 2.15. The van der Waals surface area contributed by atoms with Crippen LogP contribution in [0.25, 0.3) is 0 Å². The van der Waals surface area contributed by atoms with Crippen LogP contribution in [0.5, 0.6) is 5.75 Å². The lowest BCUT2D eigenvalue weighted by Crippen LogP contribution is -2.38. The summed E-state index contributed by atoms with van der Waals surface area (Å²) in [5.41, 5.74) is 1.60. The number of carboxylic acids is 1. The minimum atomic E-state index is -2.96. The quantitative estimate of drug-likeness (QED) is 0.335. The molecule has 0 aliphatic heterocycles. The number of ether oxygens (including phenoxy) is 4. The zero-order valence-electron chi connectivity index (χ0n) is 20.5. The molecule has 0 radical (unpaired) electrons. The Balaban J connectivity index is 1.88. The van der Waals surface area contributed by atoms with Gasteiger partial charge in [0, 0.05) is 26.5 Å². The number of aliphatic carboxylic acids is 1. The second kappa shape index (κ2) is 15.0. The Morgan fingerprint density at radius 3 is 2.28 bits per heavy atom. The predicted molar refractivity (Wildman–Crippen MR) is 128 cm³/mol. The largest absolute Gasteiger partial charge is 0.492 e. The molecule has 1 amide bonds. The fourth-order valence-corrected chi connectivity index (χ4v) is 3.16. The Hall–Kier alpha value is -3.24. The van der Waals surface area contributed by atoms with E-state index in [4.69, 9.17) is 18.9 Å². The van der Waals surface area contributed by atoms with Gasteiger partial charge < -0.3 is 29.0 Å².